The van der Waals surface area contributed by atoms with E-state index in [-0.39, 0.29) is 9.77 Å². The van der Waals surface area contributed by atoms with Gasteiger partial charge in [0.2, 0.25) is 10.0 Å². The van der Waals surface area contributed by atoms with E-state index in [4.69, 9.17) is 21.5 Å². The number of carbonyl (C=O) groups is 1. The lowest BCUT2D eigenvalue weighted by atomic mass is 10.1. The van der Waals surface area contributed by atoms with Crippen molar-refractivity contribution in [3.8, 4) is 0 Å². The number of esters is 1. The van der Waals surface area contributed by atoms with Gasteiger partial charge in [0.25, 0.3) is 0 Å². The summed E-state index contributed by atoms with van der Waals surface area (Å²) in [4.78, 5) is 12.0. The zero-order valence-electron chi connectivity index (χ0n) is 10.9. The van der Waals surface area contributed by atoms with Gasteiger partial charge >= 0.3 is 5.97 Å². The second kappa shape index (κ2) is 6.15. The summed E-state index contributed by atoms with van der Waals surface area (Å²) in [6.07, 6.45) is -0.552. The number of hydrogen-bond donors (Lipinski definition) is 1. The number of benzene rings is 1. The molecule has 0 radical (unpaired) electrons. The lowest BCUT2D eigenvalue weighted by molar-refractivity contribution is 0.0338. The van der Waals surface area contributed by atoms with Crippen molar-refractivity contribution < 1.29 is 17.9 Å². The quantitative estimate of drug-likeness (QED) is 0.863. The van der Waals surface area contributed by atoms with Crippen LogP contribution < -0.4 is 5.14 Å². The van der Waals surface area contributed by atoms with Gasteiger partial charge in [-0.2, -0.15) is 0 Å². The first-order valence-corrected chi connectivity index (χ1v) is 8.66. The Morgan fingerprint density at radius 1 is 1.38 bits per heavy atom. The fourth-order valence-electron chi connectivity index (χ4n) is 1.67. The Kier molecular flexibility index (Phi) is 4.67. The summed E-state index contributed by atoms with van der Waals surface area (Å²) < 4.78 is 27.5. The molecular formula is C13H12ClNO4S2. The number of ether oxygens (including phenoxy) is 1. The average Bonchev–Trinajstić information content (AvgIpc) is 2.88. The van der Waals surface area contributed by atoms with Crippen molar-refractivity contribution in [2.24, 2.45) is 5.14 Å². The highest BCUT2D eigenvalue weighted by Crippen LogP contribution is 2.27. The SMILES string of the molecule is CC(OC(=O)c1csc(S(N)(=O)=O)c1)c1ccccc1Cl. The van der Waals surface area contributed by atoms with Gasteiger partial charge in [0.1, 0.15) is 10.3 Å². The molecule has 0 spiro atoms. The summed E-state index contributed by atoms with van der Waals surface area (Å²) in [5.41, 5.74) is 0.817. The summed E-state index contributed by atoms with van der Waals surface area (Å²) in [5.74, 6) is -0.631. The molecule has 0 aliphatic rings. The van der Waals surface area contributed by atoms with Crippen LogP contribution in [0.1, 0.15) is 28.9 Å². The summed E-state index contributed by atoms with van der Waals surface area (Å²) in [7, 11) is -3.81. The van der Waals surface area contributed by atoms with E-state index < -0.39 is 22.1 Å². The normalized spacial score (nSPS) is 12.9. The maximum atomic E-state index is 12.0. The van der Waals surface area contributed by atoms with E-state index in [0.717, 1.165) is 11.3 Å². The number of hydrogen-bond acceptors (Lipinski definition) is 5. The molecule has 2 N–H and O–H groups in total. The molecule has 0 aliphatic carbocycles. The predicted molar refractivity (Wildman–Crippen MR) is 81.0 cm³/mol. The maximum absolute atomic E-state index is 12.0. The summed E-state index contributed by atoms with van der Waals surface area (Å²) >= 11 is 6.90. The van der Waals surface area contributed by atoms with Crippen LogP contribution in [0.4, 0.5) is 0 Å². The Bertz CT molecular complexity index is 770. The first-order chi connectivity index (χ1) is 9.79. The minimum absolute atomic E-state index is 0.0835. The van der Waals surface area contributed by atoms with Crippen LogP contribution in [-0.4, -0.2) is 14.4 Å². The average molecular weight is 346 g/mol. The third-order valence-corrected chi connectivity index (χ3v) is 5.45. The van der Waals surface area contributed by atoms with Gasteiger partial charge in [0, 0.05) is 16.0 Å². The summed E-state index contributed by atoms with van der Waals surface area (Å²) in [6.45, 7) is 1.69. The number of halogens is 1. The highest BCUT2D eigenvalue weighted by Gasteiger charge is 2.19. The highest BCUT2D eigenvalue weighted by molar-refractivity contribution is 7.91. The van der Waals surface area contributed by atoms with E-state index in [0.29, 0.717) is 10.6 Å². The molecule has 8 heteroatoms. The second-order valence-electron chi connectivity index (χ2n) is 4.27. The van der Waals surface area contributed by atoms with Gasteiger partial charge in [-0.15, -0.1) is 11.3 Å². The topological polar surface area (TPSA) is 86.5 Å². The van der Waals surface area contributed by atoms with Crippen LogP contribution in [-0.2, 0) is 14.8 Å². The van der Waals surface area contributed by atoms with E-state index in [1.54, 1.807) is 31.2 Å². The van der Waals surface area contributed by atoms with Gasteiger partial charge in [-0.3, -0.25) is 0 Å². The number of nitrogens with two attached hydrogens (primary N) is 1. The van der Waals surface area contributed by atoms with E-state index in [1.165, 1.54) is 11.4 Å². The van der Waals surface area contributed by atoms with Crippen LogP contribution in [0.3, 0.4) is 0 Å². The standard InChI is InChI=1S/C13H12ClNO4S2/c1-8(10-4-2-3-5-11(10)14)19-13(16)9-6-12(20-7-9)21(15,17)18/h2-8H,1H3,(H2,15,17,18). The molecular weight excluding hydrogens is 334 g/mol. The second-order valence-corrected chi connectivity index (χ2v) is 7.38. The van der Waals surface area contributed by atoms with Crippen LogP contribution in [0.15, 0.2) is 39.9 Å². The monoisotopic (exact) mass is 345 g/mol. The Morgan fingerprint density at radius 2 is 2.05 bits per heavy atom. The molecule has 1 atom stereocenters. The van der Waals surface area contributed by atoms with Gasteiger partial charge in [-0.1, -0.05) is 29.8 Å². The van der Waals surface area contributed by atoms with Crippen molar-refractivity contribution in [3.63, 3.8) is 0 Å². The molecule has 0 aliphatic heterocycles. The number of thiophene rings is 1. The number of primary sulfonamides is 1. The summed E-state index contributed by atoms with van der Waals surface area (Å²) in [6, 6.07) is 8.21. The van der Waals surface area contributed by atoms with Crippen molar-refractivity contribution in [1.82, 2.24) is 0 Å². The molecule has 0 amide bonds. The van der Waals surface area contributed by atoms with Gasteiger partial charge in [-0.25, -0.2) is 18.4 Å². The molecule has 2 aromatic rings. The molecule has 2 rings (SSSR count). The van der Waals surface area contributed by atoms with Gasteiger partial charge in [-0.05, 0) is 19.1 Å². The Morgan fingerprint density at radius 3 is 2.62 bits per heavy atom. The molecule has 21 heavy (non-hydrogen) atoms. The smallest absolute Gasteiger partial charge is 0.339 e. The summed E-state index contributed by atoms with van der Waals surface area (Å²) in [5, 5.41) is 6.88. The van der Waals surface area contributed by atoms with Gasteiger partial charge in [0.05, 0.1) is 5.56 Å². The molecule has 5 nitrogen and oxygen atoms in total. The molecule has 1 unspecified atom stereocenters. The Hall–Kier alpha value is -1.41. The first kappa shape index (κ1) is 16.0. The Labute approximate surface area is 131 Å². The lowest BCUT2D eigenvalue weighted by Gasteiger charge is -2.14. The van der Waals surface area contributed by atoms with E-state index in [2.05, 4.69) is 0 Å². The molecule has 0 fully saturated rings. The molecule has 0 saturated heterocycles. The fraction of sp³-hybridized carbons (Fsp3) is 0.154. The van der Waals surface area contributed by atoms with Crippen molar-refractivity contribution in [1.29, 1.82) is 0 Å². The van der Waals surface area contributed by atoms with Crippen LogP contribution in [0.5, 0.6) is 0 Å². The zero-order chi connectivity index (χ0) is 15.6. The lowest BCUT2D eigenvalue weighted by Crippen LogP contribution is -2.11. The maximum Gasteiger partial charge on any atom is 0.339 e. The van der Waals surface area contributed by atoms with Crippen molar-refractivity contribution >= 4 is 38.9 Å². The van der Waals surface area contributed by atoms with Crippen LogP contribution in [0.25, 0.3) is 0 Å². The van der Waals surface area contributed by atoms with Crippen LogP contribution in [0.2, 0.25) is 5.02 Å². The van der Waals surface area contributed by atoms with Crippen molar-refractivity contribution in [3.05, 3.63) is 51.9 Å². The van der Waals surface area contributed by atoms with Crippen LogP contribution >= 0.6 is 22.9 Å². The Balaban J connectivity index is 2.15. The minimum Gasteiger partial charge on any atom is -0.454 e. The highest BCUT2D eigenvalue weighted by atomic mass is 35.5. The van der Waals surface area contributed by atoms with Gasteiger partial charge in [0.15, 0.2) is 0 Å². The minimum atomic E-state index is -3.81. The van der Waals surface area contributed by atoms with Crippen molar-refractivity contribution in [2.75, 3.05) is 0 Å². The zero-order valence-corrected chi connectivity index (χ0v) is 13.3. The number of carbonyl (C=O) groups excluding carboxylic acids is 1. The molecule has 0 saturated carbocycles. The van der Waals surface area contributed by atoms with Crippen molar-refractivity contribution in [2.45, 2.75) is 17.2 Å². The molecule has 1 heterocycles. The van der Waals surface area contributed by atoms with Gasteiger partial charge < -0.3 is 4.74 Å². The third-order valence-electron chi connectivity index (χ3n) is 2.72. The third kappa shape index (κ3) is 3.82. The molecule has 1 aromatic carbocycles. The largest absolute Gasteiger partial charge is 0.454 e. The van der Waals surface area contributed by atoms with Crippen LogP contribution in [0, 0.1) is 0 Å². The number of sulfonamides is 1. The predicted octanol–water partition coefficient (Wildman–Crippen LogP) is 2.97. The van der Waals surface area contributed by atoms with E-state index in [1.807, 2.05) is 0 Å². The molecule has 1 aromatic heterocycles. The fourth-order valence-corrected chi connectivity index (χ4v) is 3.53. The molecule has 112 valence electrons. The molecule has 0 bridgehead atoms. The first-order valence-electron chi connectivity index (χ1n) is 5.86. The van der Waals surface area contributed by atoms with E-state index >= 15 is 0 Å². The van der Waals surface area contributed by atoms with E-state index in [9.17, 15) is 13.2 Å². The number of rotatable bonds is 4.